The topological polar surface area (TPSA) is 64.9 Å². The van der Waals surface area contributed by atoms with E-state index in [2.05, 4.69) is 42.0 Å². The van der Waals surface area contributed by atoms with Gasteiger partial charge in [-0.1, -0.05) is 32.7 Å². The first-order valence-electron chi connectivity index (χ1n) is 5.89. The fourth-order valence-corrected chi connectivity index (χ4v) is 3.16. The SMILES string of the molecule is Nc1c(Br)cc(Br)cc1-c1nc(-c2ccc(Cl)cc2)no1. The molecule has 4 nitrogen and oxygen atoms in total. The summed E-state index contributed by atoms with van der Waals surface area (Å²) in [4.78, 5) is 4.38. The Morgan fingerprint density at radius 3 is 2.52 bits per heavy atom. The molecule has 0 aliphatic carbocycles. The van der Waals surface area contributed by atoms with E-state index in [0.717, 1.165) is 14.5 Å². The van der Waals surface area contributed by atoms with Gasteiger partial charge in [0.2, 0.25) is 5.82 Å². The van der Waals surface area contributed by atoms with Gasteiger partial charge in [0.25, 0.3) is 5.89 Å². The molecule has 0 atom stereocenters. The minimum Gasteiger partial charge on any atom is -0.397 e. The summed E-state index contributed by atoms with van der Waals surface area (Å²) in [5.74, 6) is 0.844. The van der Waals surface area contributed by atoms with Gasteiger partial charge in [-0.15, -0.1) is 0 Å². The lowest BCUT2D eigenvalue weighted by molar-refractivity contribution is 0.432. The van der Waals surface area contributed by atoms with Crippen molar-refractivity contribution in [3.8, 4) is 22.8 Å². The third-order valence-electron chi connectivity index (χ3n) is 2.85. The van der Waals surface area contributed by atoms with Crippen molar-refractivity contribution in [3.05, 3.63) is 50.4 Å². The summed E-state index contributed by atoms with van der Waals surface area (Å²) in [7, 11) is 0. The van der Waals surface area contributed by atoms with E-state index in [1.54, 1.807) is 12.1 Å². The van der Waals surface area contributed by atoms with Gasteiger partial charge in [0.15, 0.2) is 0 Å². The van der Waals surface area contributed by atoms with Gasteiger partial charge in [-0.25, -0.2) is 0 Å². The first-order chi connectivity index (χ1) is 10.0. The summed E-state index contributed by atoms with van der Waals surface area (Å²) < 4.78 is 6.94. The average Bonchev–Trinajstić information content (AvgIpc) is 2.93. The Morgan fingerprint density at radius 2 is 1.81 bits per heavy atom. The van der Waals surface area contributed by atoms with Crippen LogP contribution in [0.1, 0.15) is 0 Å². The lowest BCUT2D eigenvalue weighted by Crippen LogP contribution is -1.92. The monoisotopic (exact) mass is 427 g/mol. The molecule has 3 rings (SSSR count). The maximum absolute atomic E-state index is 6.04. The Morgan fingerprint density at radius 1 is 1.10 bits per heavy atom. The number of anilines is 1. The summed E-state index contributed by atoms with van der Waals surface area (Å²) in [5, 5.41) is 4.63. The molecular weight excluding hydrogens is 421 g/mol. The molecule has 3 aromatic rings. The van der Waals surface area contributed by atoms with Crippen molar-refractivity contribution < 1.29 is 4.52 Å². The van der Waals surface area contributed by atoms with Gasteiger partial charge in [0.05, 0.1) is 11.3 Å². The van der Waals surface area contributed by atoms with Crippen LogP contribution < -0.4 is 5.73 Å². The molecule has 1 aromatic heterocycles. The molecule has 0 saturated heterocycles. The zero-order chi connectivity index (χ0) is 15.0. The Bertz CT molecular complexity index is 802. The van der Waals surface area contributed by atoms with E-state index < -0.39 is 0 Å². The van der Waals surface area contributed by atoms with E-state index in [-0.39, 0.29) is 0 Å². The number of nitrogen functional groups attached to an aromatic ring is 1. The molecule has 7 heteroatoms. The van der Waals surface area contributed by atoms with Crippen LogP contribution in [0.4, 0.5) is 5.69 Å². The lowest BCUT2D eigenvalue weighted by Gasteiger charge is -2.04. The number of aromatic nitrogens is 2. The number of benzene rings is 2. The van der Waals surface area contributed by atoms with Gasteiger partial charge < -0.3 is 10.3 Å². The summed E-state index contributed by atoms with van der Waals surface area (Å²) in [6.45, 7) is 0. The van der Waals surface area contributed by atoms with Crippen LogP contribution >= 0.6 is 43.5 Å². The zero-order valence-electron chi connectivity index (χ0n) is 10.5. The van der Waals surface area contributed by atoms with E-state index in [1.165, 1.54) is 0 Å². The van der Waals surface area contributed by atoms with E-state index in [0.29, 0.717) is 28.0 Å². The summed E-state index contributed by atoms with van der Waals surface area (Å²) in [5.41, 5.74) is 8.08. The van der Waals surface area contributed by atoms with Crippen LogP contribution in [0.5, 0.6) is 0 Å². The largest absolute Gasteiger partial charge is 0.397 e. The van der Waals surface area contributed by atoms with E-state index in [1.807, 2.05) is 24.3 Å². The minimum atomic E-state index is 0.361. The van der Waals surface area contributed by atoms with Crippen molar-refractivity contribution in [1.82, 2.24) is 10.1 Å². The van der Waals surface area contributed by atoms with Gasteiger partial charge in [0.1, 0.15) is 0 Å². The van der Waals surface area contributed by atoms with Crippen LogP contribution in [0.3, 0.4) is 0 Å². The Labute approximate surface area is 142 Å². The maximum atomic E-state index is 6.04. The van der Waals surface area contributed by atoms with Crippen LogP contribution in [0.25, 0.3) is 22.8 Å². The third-order valence-corrected chi connectivity index (χ3v) is 4.22. The van der Waals surface area contributed by atoms with Gasteiger partial charge in [0, 0.05) is 19.5 Å². The maximum Gasteiger partial charge on any atom is 0.260 e. The molecule has 0 bridgehead atoms. The van der Waals surface area contributed by atoms with E-state index >= 15 is 0 Å². The predicted molar refractivity (Wildman–Crippen MR) is 90.0 cm³/mol. The first-order valence-corrected chi connectivity index (χ1v) is 7.85. The molecule has 0 aliphatic rings. The van der Waals surface area contributed by atoms with Crippen molar-refractivity contribution >= 4 is 49.1 Å². The fraction of sp³-hybridized carbons (Fsp3) is 0. The molecule has 0 saturated carbocycles. The van der Waals surface area contributed by atoms with E-state index in [4.69, 9.17) is 21.9 Å². The van der Waals surface area contributed by atoms with Gasteiger partial charge in [-0.3, -0.25) is 0 Å². The van der Waals surface area contributed by atoms with Crippen LogP contribution in [-0.4, -0.2) is 10.1 Å². The van der Waals surface area contributed by atoms with Crippen LogP contribution in [0.15, 0.2) is 49.9 Å². The molecule has 0 amide bonds. The predicted octanol–water partition coefficient (Wildman–Crippen LogP) is 5.16. The molecule has 106 valence electrons. The quantitative estimate of drug-likeness (QED) is 0.571. The number of halogens is 3. The summed E-state index contributed by atoms with van der Waals surface area (Å²) >= 11 is 12.7. The fourth-order valence-electron chi connectivity index (χ4n) is 1.81. The molecule has 0 radical (unpaired) electrons. The van der Waals surface area contributed by atoms with Crippen molar-refractivity contribution in [2.24, 2.45) is 0 Å². The number of hydrogen-bond acceptors (Lipinski definition) is 4. The van der Waals surface area contributed by atoms with Gasteiger partial charge >= 0.3 is 0 Å². The molecule has 0 aliphatic heterocycles. The molecular formula is C14H8Br2ClN3O. The Balaban J connectivity index is 2.04. The number of nitrogens with two attached hydrogens (primary N) is 1. The highest BCUT2D eigenvalue weighted by Crippen LogP contribution is 2.35. The molecule has 21 heavy (non-hydrogen) atoms. The Hall–Kier alpha value is -1.37. The Kier molecular flexibility index (Phi) is 4.01. The lowest BCUT2D eigenvalue weighted by atomic mass is 10.2. The second-order valence-corrected chi connectivity index (χ2v) is 6.49. The molecule has 0 unspecified atom stereocenters. The second kappa shape index (κ2) is 5.79. The van der Waals surface area contributed by atoms with Crippen LogP contribution in [0.2, 0.25) is 5.02 Å². The normalized spacial score (nSPS) is 10.8. The highest BCUT2D eigenvalue weighted by Gasteiger charge is 2.15. The standard InChI is InChI=1S/C14H8Br2ClN3O/c15-8-5-10(12(18)11(16)6-8)14-19-13(20-21-14)7-1-3-9(17)4-2-7/h1-6H,18H2. The summed E-state index contributed by atoms with van der Waals surface area (Å²) in [6, 6.07) is 10.9. The number of hydrogen-bond donors (Lipinski definition) is 1. The van der Waals surface area contributed by atoms with Gasteiger partial charge in [-0.2, -0.15) is 4.98 Å². The van der Waals surface area contributed by atoms with Crippen LogP contribution in [-0.2, 0) is 0 Å². The van der Waals surface area contributed by atoms with Crippen molar-refractivity contribution in [2.75, 3.05) is 5.73 Å². The molecule has 0 spiro atoms. The summed E-state index contributed by atoms with van der Waals surface area (Å²) in [6.07, 6.45) is 0. The third kappa shape index (κ3) is 2.97. The van der Waals surface area contributed by atoms with Crippen molar-refractivity contribution in [3.63, 3.8) is 0 Å². The second-order valence-electron chi connectivity index (χ2n) is 4.28. The van der Waals surface area contributed by atoms with Crippen molar-refractivity contribution in [1.29, 1.82) is 0 Å². The average molecular weight is 429 g/mol. The smallest absolute Gasteiger partial charge is 0.260 e. The van der Waals surface area contributed by atoms with Crippen LogP contribution in [0, 0.1) is 0 Å². The molecule has 2 aromatic carbocycles. The number of rotatable bonds is 2. The highest BCUT2D eigenvalue weighted by atomic mass is 79.9. The molecule has 1 heterocycles. The first kappa shape index (κ1) is 14.6. The zero-order valence-corrected chi connectivity index (χ0v) is 14.4. The minimum absolute atomic E-state index is 0.361. The molecule has 0 fully saturated rings. The van der Waals surface area contributed by atoms with Gasteiger partial charge in [-0.05, 0) is 52.3 Å². The highest BCUT2D eigenvalue weighted by molar-refractivity contribution is 9.11. The molecule has 2 N–H and O–H groups in total. The number of nitrogens with zero attached hydrogens (tertiary/aromatic N) is 2. The van der Waals surface area contributed by atoms with E-state index in [9.17, 15) is 0 Å². The van der Waals surface area contributed by atoms with Crippen molar-refractivity contribution in [2.45, 2.75) is 0 Å².